The summed E-state index contributed by atoms with van der Waals surface area (Å²) in [6.07, 6.45) is 4.40. The number of fused-ring (bicyclic) bond motifs is 11. The van der Waals surface area contributed by atoms with Gasteiger partial charge in [-0.1, -0.05) is 115 Å². The van der Waals surface area contributed by atoms with Gasteiger partial charge in [-0.15, -0.1) is 11.3 Å². The third-order valence-corrected chi connectivity index (χ3v) is 12.2. The molecule has 0 atom stereocenters. The Morgan fingerprint density at radius 2 is 1.20 bits per heavy atom. The SMILES string of the molecule is C/C=C\C1=C(C)c2ccc(-c3cccc(-n4c5ccccc5c5c6ccc7c(ccc8sc9ccccc9c87)c6ccc54)c3)c3cccc1c23. The molecule has 2 aromatic heterocycles. The Balaban J connectivity index is 1.14. The molecule has 0 N–H and O–H groups in total. The zero-order valence-electron chi connectivity index (χ0n) is 27.8. The molecule has 0 aliphatic heterocycles. The zero-order valence-corrected chi connectivity index (χ0v) is 28.6. The first-order chi connectivity index (χ1) is 24.7. The number of para-hydroxylation sites is 1. The minimum Gasteiger partial charge on any atom is -0.309 e. The highest BCUT2D eigenvalue weighted by Crippen LogP contribution is 2.47. The van der Waals surface area contributed by atoms with E-state index >= 15 is 0 Å². The summed E-state index contributed by atoms with van der Waals surface area (Å²) in [5.41, 5.74) is 11.5. The third-order valence-electron chi connectivity index (χ3n) is 11.1. The van der Waals surface area contributed by atoms with Gasteiger partial charge in [0, 0.05) is 36.6 Å². The van der Waals surface area contributed by atoms with E-state index in [-0.39, 0.29) is 0 Å². The van der Waals surface area contributed by atoms with Gasteiger partial charge < -0.3 is 4.57 Å². The van der Waals surface area contributed by atoms with Crippen molar-refractivity contribution >= 4 is 96.8 Å². The lowest BCUT2D eigenvalue weighted by molar-refractivity contribution is 1.18. The summed E-state index contributed by atoms with van der Waals surface area (Å²) >= 11 is 1.89. The molecule has 1 aliphatic carbocycles. The van der Waals surface area contributed by atoms with Crippen molar-refractivity contribution in [2.45, 2.75) is 13.8 Å². The Bertz CT molecular complexity index is 3160. The van der Waals surface area contributed by atoms with Crippen molar-refractivity contribution in [1.29, 1.82) is 0 Å². The van der Waals surface area contributed by atoms with Crippen molar-refractivity contribution in [2.24, 2.45) is 0 Å². The van der Waals surface area contributed by atoms with Crippen LogP contribution in [0.4, 0.5) is 0 Å². The molecule has 0 amide bonds. The maximum atomic E-state index is 2.46. The molecular weight excluding hydrogens is 623 g/mol. The van der Waals surface area contributed by atoms with Crippen molar-refractivity contribution in [2.75, 3.05) is 0 Å². The molecule has 234 valence electrons. The van der Waals surface area contributed by atoms with Crippen LogP contribution in [-0.4, -0.2) is 4.57 Å². The van der Waals surface area contributed by atoms with Crippen molar-refractivity contribution in [1.82, 2.24) is 4.57 Å². The molecule has 1 nitrogen and oxygen atoms in total. The van der Waals surface area contributed by atoms with Crippen molar-refractivity contribution in [3.05, 3.63) is 163 Å². The second-order valence-electron chi connectivity index (χ2n) is 13.6. The van der Waals surface area contributed by atoms with E-state index in [9.17, 15) is 0 Å². The molecule has 0 saturated heterocycles. The first-order valence-electron chi connectivity index (χ1n) is 17.4. The second-order valence-corrected chi connectivity index (χ2v) is 14.7. The van der Waals surface area contributed by atoms with Crippen LogP contribution in [0.3, 0.4) is 0 Å². The van der Waals surface area contributed by atoms with Gasteiger partial charge in [-0.2, -0.15) is 0 Å². The van der Waals surface area contributed by atoms with Crippen LogP contribution in [0.2, 0.25) is 0 Å². The molecule has 50 heavy (non-hydrogen) atoms. The van der Waals surface area contributed by atoms with Gasteiger partial charge in [-0.25, -0.2) is 0 Å². The van der Waals surface area contributed by atoms with Crippen molar-refractivity contribution < 1.29 is 0 Å². The molecule has 10 aromatic rings. The Kier molecular flexibility index (Phi) is 5.74. The molecule has 1 aliphatic rings. The largest absolute Gasteiger partial charge is 0.309 e. The predicted octanol–water partition coefficient (Wildman–Crippen LogP) is 14.1. The lowest BCUT2D eigenvalue weighted by atomic mass is 9.93. The maximum Gasteiger partial charge on any atom is 0.0547 e. The number of aromatic nitrogens is 1. The Labute approximate surface area is 293 Å². The Morgan fingerprint density at radius 1 is 0.480 bits per heavy atom. The van der Waals surface area contributed by atoms with Crippen molar-refractivity contribution in [3.8, 4) is 16.8 Å². The van der Waals surface area contributed by atoms with Gasteiger partial charge in [0.05, 0.1) is 11.0 Å². The highest BCUT2D eigenvalue weighted by atomic mass is 32.1. The average Bonchev–Trinajstić information content (AvgIpc) is 3.80. The standard InChI is InChI=1S/C48H31NS/c1-3-10-31-28(2)32-19-20-33(37-16-9-15-36(31)46(32)37)29-11-8-12-30(27-29)49-42-17-6-4-13-40(42)47-38-21-22-39-35(34(38)23-25-43(47)49)24-26-45-48(39)41-14-5-7-18-44(41)50-45/h3-27H,1-2H3/b10-3-. The number of rotatable bonds is 3. The van der Waals surface area contributed by atoms with Gasteiger partial charge >= 0.3 is 0 Å². The van der Waals surface area contributed by atoms with Crippen LogP contribution in [-0.2, 0) is 0 Å². The number of hydrogen-bond acceptors (Lipinski definition) is 1. The van der Waals surface area contributed by atoms with Crippen LogP contribution in [0, 0.1) is 0 Å². The van der Waals surface area contributed by atoms with Gasteiger partial charge in [0.25, 0.3) is 0 Å². The normalized spacial score (nSPS) is 13.2. The predicted molar refractivity (Wildman–Crippen MR) is 219 cm³/mol. The topological polar surface area (TPSA) is 4.93 Å². The monoisotopic (exact) mass is 653 g/mol. The summed E-state index contributed by atoms with van der Waals surface area (Å²) in [7, 11) is 0. The van der Waals surface area contributed by atoms with Gasteiger partial charge in [0.1, 0.15) is 0 Å². The van der Waals surface area contributed by atoms with E-state index in [1.54, 1.807) is 0 Å². The van der Waals surface area contributed by atoms with E-state index in [2.05, 4.69) is 170 Å². The quantitative estimate of drug-likeness (QED) is 0.167. The van der Waals surface area contributed by atoms with E-state index in [4.69, 9.17) is 0 Å². The molecule has 2 heterocycles. The highest BCUT2D eigenvalue weighted by Gasteiger charge is 2.22. The molecule has 0 unspecified atom stereocenters. The number of thiophene rings is 1. The molecular formula is C48H31NS. The second kappa shape index (κ2) is 10.3. The van der Waals surface area contributed by atoms with Crippen LogP contribution < -0.4 is 0 Å². The first kappa shape index (κ1) is 27.9. The minimum absolute atomic E-state index is 1.17. The smallest absolute Gasteiger partial charge is 0.0547 e. The highest BCUT2D eigenvalue weighted by molar-refractivity contribution is 7.26. The van der Waals surface area contributed by atoms with Crippen molar-refractivity contribution in [3.63, 3.8) is 0 Å². The van der Waals surface area contributed by atoms with E-state index in [1.165, 1.54) is 113 Å². The molecule has 0 radical (unpaired) electrons. The Hall–Kier alpha value is -5.96. The summed E-state index contributed by atoms with van der Waals surface area (Å²) in [6.45, 7) is 4.35. The summed E-state index contributed by atoms with van der Waals surface area (Å²) in [5.74, 6) is 0. The van der Waals surface area contributed by atoms with Crippen LogP contribution >= 0.6 is 11.3 Å². The summed E-state index contributed by atoms with van der Waals surface area (Å²) in [6, 6.07) is 52.3. The zero-order chi connectivity index (χ0) is 33.1. The van der Waals surface area contributed by atoms with E-state index < -0.39 is 0 Å². The lowest BCUT2D eigenvalue weighted by Gasteiger charge is -2.13. The van der Waals surface area contributed by atoms with E-state index in [1.807, 2.05) is 11.3 Å². The average molecular weight is 654 g/mol. The fourth-order valence-electron chi connectivity index (χ4n) is 8.93. The molecule has 2 heteroatoms. The van der Waals surface area contributed by atoms with Gasteiger partial charge in [0.15, 0.2) is 0 Å². The molecule has 0 bridgehead atoms. The summed E-state index contributed by atoms with van der Waals surface area (Å²) < 4.78 is 5.15. The minimum atomic E-state index is 1.17. The van der Waals surface area contributed by atoms with Crippen LogP contribution in [0.15, 0.2) is 152 Å². The van der Waals surface area contributed by atoms with E-state index in [0.717, 1.165) is 0 Å². The third kappa shape index (κ3) is 3.66. The van der Waals surface area contributed by atoms with Gasteiger partial charge in [-0.05, 0) is 116 Å². The van der Waals surface area contributed by atoms with Crippen LogP contribution in [0.5, 0.6) is 0 Å². The van der Waals surface area contributed by atoms with Crippen LogP contribution in [0.1, 0.15) is 25.0 Å². The molecule has 8 aromatic carbocycles. The molecule has 0 spiro atoms. The fourth-order valence-corrected chi connectivity index (χ4v) is 10.0. The summed E-state index contributed by atoms with van der Waals surface area (Å²) in [4.78, 5) is 0. The first-order valence-corrected chi connectivity index (χ1v) is 18.2. The number of nitrogens with zero attached hydrogens (tertiary/aromatic N) is 1. The molecule has 0 fully saturated rings. The fraction of sp³-hybridized carbons (Fsp3) is 0.0417. The lowest BCUT2D eigenvalue weighted by Crippen LogP contribution is -1.95. The van der Waals surface area contributed by atoms with Gasteiger partial charge in [0.2, 0.25) is 0 Å². The Morgan fingerprint density at radius 3 is 2.08 bits per heavy atom. The maximum absolute atomic E-state index is 2.46. The van der Waals surface area contributed by atoms with Gasteiger partial charge in [-0.3, -0.25) is 0 Å². The number of allylic oxidation sites excluding steroid dienone is 4. The molecule has 0 saturated carbocycles. The summed E-state index contributed by atoms with van der Waals surface area (Å²) in [5, 5.41) is 13.2. The number of benzene rings is 8. The number of hydrogen-bond donors (Lipinski definition) is 0. The van der Waals surface area contributed by atoms with E-state index in [0.29, 0.717) is 0 Å². The van der Waals surface area contributed by atoms with Crippen LogP contribution in [0.25, 0.3) is 102 Å². The molecule has 11 rings (SSSR count).